The molecule has 0 bridgehead atoms. The van der Waals surface area contributed by atoms with Crippen LogP contribution < -0.4 is 35.8 Å². The predicted molar refractivity (Wildman–Crippen MR) is 299 cm³/mol. The number of aromatic nitrogens is 4. The summed E-state index contributed by atoms with van der Waals surface area (Å²) in [4.78, 5) is 70.9. The Morgan fingerprint density at radius 3 is 2.23 bits per heavy atom. The Labute approximate surface area is 454 Å². The number of hydrogen-bond donors (Lipinski definition) is 3. The summed E-state index contributed by atoms with van der Waals surface area (Å²) in [6.07, 6.45) is 8.62. The van der Waals surface area contributed by atoms with E-state index >= 15 is 4.39 Å². The van der Waals surface area contributed by atoms with E-state index in [0.29, 0.717) is 58.4 Å². The van der Waals surface area contributed by atoms with E-state index in [4.69, 9.17) is 9.72 Å². The molecule has 5 aliphatic heterocycles. The number of nitrogens with one attached hydrogen (secondary N) is 3. The van der Waals surface area contributed by atoms with Gasteiger partial charge < -0.3 is 34.6 Å². The Morgan fingerprint density at radius 2 is 1.53 bits per heavy atom. The van der Waals surface area contributed by atoms with Crippen molar-refractivity contribution in [1.82, 2.24) is 39.8 Å². The van der Waals surface area contributed by atoms with Crippen molar-refractivity contribution in [3.05, 3.63) is 113 Å². The molecule has 2 aromatic heterocycles. The van der Waals surface area contributed by atoms with E-state index in [1.807, 2.05) is 72.9 Å². The Hall–Kier alpha value is -6.99. The van der Waals surface area contributed by atoms with Gasteiger partial charge in [0.05, 0.1) is 46.0 Å². The molecule has 3 N–H and O–H groups in total. The Kier molecular flexibility index (Phi) is 14.5. The van der Waals surface area contributed by atoms with Crippen molar-refractivity contribution in [2.24, 2.45) is 13.0 Å². The van der Waals surface area contributed by atoms with Crippen LogP contribution in [0.2, 0.25) is 0 Å². The number of hydrogen-bond acceptors (Lipinski definition) is 15. The summed E-state index contributed by atoms with van der Waals surface area (Å²) >= 11 is 3.64. The van der Waals surface area contributed by atoms with Crippen LogP contribution in [0.1, 0.15) is 52.8 Å². The van der Waals surface area contributed by atoms with E-state index in [2.05, 4.69) is 68.8 Å². The molecule has 0 saturated carbocycles. The molecule has 6 aromatic rings. The van der Waals surface area contributed by atoms with Gasteiger partial charge in [0.2, 0.25) is 17.8 Å². The molecule has 21 heteroatoms. The first kappa shape index (κ1) is 52.1. The number of ether oxygens (including phenoxy) is 1. The molecule has 7 heterocycles. The number of carbonyl (C=O) groups is 4. The summed E-state index contributed by atoms with van der Waals surface area (Å²) in [5.74, 6) is -1.28. The van der Waals surface area contributed by atoms with Crippen molar-refractivity contribution in [3.8, 4) is 28.0 Å². The van der Waals surface area contributed by atoms with Gasteiger partial charge in [-0.25, -0.2) is 9.37 Å². The van der Waals surface area contributed by atoms with Gasteiger partial charge in [-0.3, -0.25) is 39.0 Å². The molecule has 4 amide bonds. The van der Waals surface area contributed by atoms with Gasteiger partial charge in [0.15, 0.2) is 0 Å². The minimum absolute atomic E-state index is 0.0163. The molecule has 4 saturated heterocycles. The lowest BCUT2D eigenvalue weighted by Crippen LogP contribution is -2.54. The minimum Gasteiger partial charge on any atom is -0.494 e. The fourth-order valence-electron chi connectivity index (χ4n) is 11.6. The summed E-state index contributed by atoms with van der Waals surface area (Å²) in [7, 11) is 0.847. The summed E-state index contributed by atoms with van der Waals surface area (Å²) in [6, 6.07) is 22.1. The van der Waals surface area contributed by atoms with Crippen LogP contribution in [0.25, 0.3) is 22.3 Å². The standard InChI is InChI=1S/C56H61BrFN12O6P/c1-65-33-37(29-60-65)39-26-45(62-56-59-30-42(57)52(64-56)61-44-11-10-36(24-50(44)77(3,4)75)35-8-6-5-7-9-35)49(76-2)28-47(39)68-22-20-67(21-23-68)38-15-17-66(18-16-38)31-34-14-19-69(32-34)48-27-41-40(25-43(48)58)54(73)70(55(41)74)46-12-13-51(71)63-53(46)72/h5-11,24-30,33-34,38,46H,12-23,31-32H2,1-4H3,(H,63,71,72)(H2,59,61,62,64). The van der Waals surface area contributed by atoms with Crippen LogP contribution in [0.3, 0.4) is 0 Å². The van der Waals surface area contributed by atoms with Crippen molar-refractivity contribution < 1.29 is 32.9 Å². The fourth-order valence-corrected chi connectivity index (χ4v) is 13.1. The van der Waals surface area contributed by atoms with Gasteiger partial charge >= 0.3 is 0 Å². The van der Waals surface area contributed by atoms with E-state index in [1.165, 1.54) is 6.07 Å². The second-order valence-electron chi connectivity index (χ2n) is 21.0. The van der Waals surface area contributed by atoms with Crippen LogP contribution in [0.5, 0.6) is 5.75 Å². The summed E-state index contributed by atoms with van der Waals surface area (Å²) < 4.78 is 37.9. The first-order valence-corrected chi connectivity index (χ1v) is 29.5. The van der Waals surface area contributed by atoms with Gasteiger partial charge in [-0.05, 0) is 115 Å². The van der Waals surface area contributed by atoms with Crippen LogP contribution in [-0.4, -0.2) is 150 Å². The number of piperazine rings is 1. The van der Waals surface area contributed by atoms with E-state index < -0.39 is 42.6 Å². The summed E-state index contributed by atoms with van der Waals surface area (Å²) in [6.45, 7) is 11.1. The number of nitrogens with zero attached hydrogens (tertiary/aromatic N) is 9. The van der Waals surface area contributed by atoms with Gasteiger partial charge in [0.25, 0.3) is 11.8 Å². The number of carbonyl (C=O) groups excluding carboxylic acids is 4. The highest BCUT2D eigenvalue weighted by Crippen LogP contribution is 2.43. The molecule has 2 unspecified atom stereocenters. The molecule has 0 aliphatic carbocycles. The van der Waals surface area contributed by atoms with Gasteiger partial charge in [0, 0.05) is 106 Å². The number of piperidine rings is 2. The van der Waals surface area contributed by atoms with Gasteiger partial charge in [-0.2, -0.15) is 10.1 Å². The van der Waals surface area contributed by atoms with Crippen LogP contribution in [0.4, 0.5) is 38.9 Å². The second-order valence-corrected chi connectivity index (χ2v) is 25.1. The molecule has 0 spiro atoms. The largest absolute Gasteiger partial charge is 0.494 e. The van der Waals surface area contributed by atoms with Crippen LogP contribution in [0.15, 0.2) is 95.9 Å². The number of imide groups is 2. The summed E-state index contributed by atoms with van der Waals surface area (Å²) in [5.41, 5.74) is 6.72. The Bertz CT molecular complexity index is 3340. The zero-order valence-corrected chi connectivity index (χ0v) is 45.9. The smallest absolute Gasteiger partial charge is 0.262 e. The zero-order chi connectivity index (χ0) is 53.7. The van der Waals surface area contributed by atoms with Crippen LogP contribution in [-0.2, 0) is 21.2 Å². The van der Waals surface area contributed by atoms with Crippen molar-refractivity contribution in [3.63, 3.8) is 0 Å². The maximum absolute atomic E-state index is 15.7. The summed E-state index contributed by atoms with van der Waals surface area (Å²) in [5, 5.41) is 14.3. The van der Waals surface area contributed by atoms with Crippen LogP contribution in [0, 0.1) is 11.7 Å². The fraction of sp³-hybridized carbons (Fsp3) is 0.375. The highest BCUT2D eigenvalue weighted by atomic mass is 79.9. The van der Waals surface area contributed by atoms with Gasteiger partial charge in [-0.15, -0.1) is 0 Å². The minimum atomic E-state index is -2.72. The highest BCUT2D eigenvalue weighted by Gasteiger charge is 2.46. The molecule has 77 heavy (non-hydrogen) atoms. The predicted octanol–water partition coefficient (Wildman–Crippen LogP) is 7.70. The van der Waals surface area contributed by atoms with Crippen molar-refractivity contribution >= 4 is 86.5 Å². The number of amides is 4. The van der Waals surface area contributed by atoms with E-state index in [-0.39, 0.29) is 29.7 Å². The molecule has 0 radical (unpaired) electrons. The average molecular weight is 1130 g/mol. The Balaban J connectivity index is 0.717. The monoisotopic (exact) mass is 1130 g/mol. The molecule has 5 aliphatic rings. The number of aryl methyl sites for hydroxylation is 1. The van der Waals surface area contributed by atoms with E-state index in [0.717, 1.165) is 109 Å². The third kappa shape index (κ3) is 10.7. The lowest BCUT2D eigenvalue weighted by Gasteiger charge is -2.44. The number of methoxy groups -OCH3 is 1. The normalized spacial score (nSPS) is 19.7. The average Bonchev–Trinajstić information content (AvgIpc) is 4.20. The highest BCUT2D eigenvalue weighted by molar-refractivity contribution is 9.10. The third-order valence-corrected chi connectivity index (χ3v) is 17.8. The number of benzene rings is 4. The van der Waals surface area contributed by atoms with Crippen molar-refractivity contribution in [1.29, 1.82) is 0 Å². The third-order valence-electron chi connectivity index (χ3n) is 15.6. The van der Waals surface area contributed by atoms with Crippen LogP contribution >= 0.6 is 23.1 Å². The maximum atomic E-state index is 15.7. The molecule has 11 rings (SSSR count). The maximum Gasteiger partial charge on any atom is 0.262 e. The number of halogens is 2. The second kappa shape index (κ2) is 21.4. The zero-order valence-electron chi connectivity index (χ0n) is 43.5. The first-order chi connectivity index (χ1) is 37.1. The molecule has 18 nitrogen and oxygen atoms in total. The molecule has 2 atom stereocenters. The van der Waals surface area contributed by atoms with Crippen molar-refractivity contribution in [2.75, 3.05) is 99.8 Å². The number of anilines is 6. The van der Waals surface area contributed by atoms with Gasteiger partial charge in [-0.1, -0.05) is 36.4 Å². The number of rotatable bonds is 14. The Morgan fingerprint density at radius 1 is 0.779 bits per heavy atom. The molecule has 4 aromatic carbocycles. The lowest BCUT2D eigenvalue weighted by molar-refractivity contribution is -0.136. The van der Waals surface area contributed by atoms with Gasteiger partial charge in [0.1, 0.15) is 30.6 Å². The molecular weight excluding hydrogens is 1070 g/mol. The van der Waals surface area contributed by atoms with E-state index in [1.54, 1.807) is 31.3 Å². The lowest BCUT2D eigenvalue weighted by atomic mass is 9.99. The molecule has 400 valence electrons. The SMILES string of the molecule is COc1cc(N2CCN(C3CCN(CC4CCN(c5cc6c(cc5F)C(=O)N(C5CCC(=O)NC5=O)C6=O)C4)CC3)CC2)c(-c2cnn(C)c2)cc1Nc1ncc(Br)c(Nc2ccc(-c3ccccc3)cc2P(C)(C)=O)n1. The van der Waals surface area contributed by atoms with Crippen molar-refractivity contribution in [2.45, 2.75) is 44.2 Å². The molecular formula is C56H61BrFN12O6P. The number of likely N-dealkylation sites (tertiary alicyclic amines) is 1. The molecule has 4 fully saturated rings. The first-order valence-electron chi connectivity index (χ1n) is 26.1. The quantitative estimate of drug-likeness (QED) is 0.0710. The number of fused-ring (bicyclic) bond motifs is 1. The topological polar surface area (TPSA) is 190 Å². The van der Waals surface area contributed by atoms with E-state index in [9.17, 15) is 23.7 Å².